The van der Waals surface area contributed by atoms with E-state index in [0.29, 0.717) is 13.0 Å². The van der Waals surface area contributed by atoms with Crippen LogP contribution in [-0.4, -0.2) is 34.4 Å². The lowest BCUT2D eigenvalue weighted by atomic mass is 10.2. The fourth-order valence-electron chi connectivity index (χ4n) is 2.12. The average Bonchev–Trinajstić information content (AvgIpc) is 3.08. The number of thioether (sulfide) groups is 1. The third kappa shape index (κ3) is 5.73. The number of para-hydroxylation sites is 1. The van der Waals surface area contributed by atoms with Crippen LogP contribution in [0.5, 0.6) is 0 Å². The van der Waals surface area contributed by atoms with Crippen molar-refractivity contribution in [3.63, 3.8) is 0 Å². The molecule has 1 aromatic heterocycles. The number of carbonyl (C=O) groups is 1. The molecule has 0 saturated heterocycles. The number of carbonyl (C=O) groups excluding carboxylic acids is 1. The Balaban J connectivity index is 2.04. The fraction of sp³-hybridized carbons (Fsp3) is 0.412. The average molecular weight is 376 g/mol. The highest BCUT2D eigenvalue weighted by atomic mass is 32.2. The molecule has 0 aliphatic carbocycles. The van der Waals surface area contributed by atoms with Crippen LogP contribution in [-0.2, 0) is 4.79 Å². The van der Waals surface area contributed by atoms with E-state index in [0.717, 1.165) is 28.1 Å². The molecule has 1 heterocycles. The van der Waals surface area contributed by atoms with E-state index < -0.39 is 0 Å². The lowest BCUT2D eigenvalue weighted by Crippen LogP contribution is -2.37. The van der Waals surface area contributed by atoms with Gasteiger partial charge in [-0.2, -0.15) is 5.26 Å². The van der Waals surface area contributed by atoms with Crippen LogP contribution in [0, 0.1) is 11.3 Å². The van der Waals surface area contributed by atoms with Crippen molar-refractivity contribution in [3.8, 4) is 6.07 Å². The van der Waals surface area contributed by atoms with Gasteiger partial charge in [0.2, 0.25) is 11.0 Å². The largest absolute Gasteiger partial charge is 0.360 e. The molecule has 0 bridgehead atoms. The second-order valence-corrected chi connectivity index (χ2v) is 7.86. The number of rotatable bonds is 9. The minimum absolute atomic E-state index is 0.0373. The van der Waals surface area contributed by atoms with E-state index in [2.05, 4.69) is 28.5 Å². The standard InChI is InChI=1S/C17H21N5OS2/c1-3-11-19-16-20-21-17(25-16)24-13(2)15(23)22(12-7-10-18)14-8-5-4-6-9-14/h4-6,8-9,13H,3,7,11-12H2,1-2H3,(H,19,20). The summed E-state index contributed by atoms with van der Waals surface area (Å²) in [4.78, 5) is 14.5. The van der Waals surface area contributed by atoms with Crippen LogP contribution in [0.4, 0.5) is 10.8 Å². The Bertz CT molecular complexity index is 713. The van der Waals surface area contributed by atoms with Gasteiger partial charge in [-0.05, 0) is 25.5 Å². The zero-order chi connectivity index (χ0) is 18.1. The van der Waals surface area contributed by atoms with Gasteiger partial charge in [0, 0.05) is 18.8 Å². The molecule has 6 nitrogen and oxygen atoms in total. The molecule has 1 unspecified atom stereocenters. The summed E-state index contributed by atoms with van der Waals surface area (Å²) in [6, 6.07) is 11.5. The van der Waals surface area contributed by atoms with Crippen LogP contribution in [0.2, 0.25) is 0 Å². The van der Waals surface area contributed by atoms with Gasteiger partial charge in [0.25, 0.3) is 0 Å². The van der Waals surface area contributed by atoms with Gasteiger partial charge >= 0.3 is 0 Å². The molecule has 1 amide bonds. The zero-order valence-corrected chi connectivity index (χ0v) is 15.9. The van der Waals surface area contributed by atoms with Gasteiger partial charge in [0.15, 0.2) is 4.34 Å². The number of nitrogens with one attached hydrogen (secondary N) is 1. The van der Waals surface area contributed by atoms with Gasteiger partial charge in [-0.3, -0.25) is 4.79 Å². The Kier molecular flexibility index (Phi) is 7.70. The summed E-state index contributed by atoms with van der Waals surface area (Å²) in [6.07, 6.45) is 1.31. The number of benzene rings is 1. The Hall–Kier alpha value is -2.11. The summed E-state index contributed by atoms with van der Waals surface area (Å²) in [7, 11) is 0. The van der Waals surface area contributed by atoms with E-state index in [1.807, 2.05) is 37.3 Å². The van der Waals surface area contributed by atoms with Gasteiger partial charge in [0.05, 0.1) is 17.7 Å². The van der Waals surface area contributed by atoms with E-state index in [4.69, 9.17) is 5.26 Å². The van der Waals surface area contributed by atoms with Gasteiger partial charge in [0.1, 0.15) is 0 Å². The zero-order valence-electron chi connectivity index (χ0n) is 14.3. The maximum atomic E-state index is 12.9. The molecule has 1 aromatic carbocycles. The Morgan fingerprint density at radius 1 is 1.40 bits per heavy atom. The lowest BCUT2D eigenvalue weighted by Gasteiger charge is -2.24. The number of nitrogens with zero attached hydrogens (tertiary/aromatic N) is 4. The highest BCUT2D eigenvalue weighted by Crippen LogP contribution is 2.30. The molecule has 1 N–H and O–H groups in total. The maximum Gasteiger partial charge on any atom is 0.240 e. The van der Waals surface area contributed by atoms with Gasteiger partial charge in [-0.15, -0.1) is 10.2 Å². The van der Waals surface area contributed by atoms with Crippen LogP contribution in [0.15, 0.2) is 34.7 Å². The highest BCUT2D eigenvalue weighted by Gasteiger charge is 2.24. The summed E-state index contributed by atoms with van der Waals surface area (Å²) in [5.41, 5.74) is 0.803. The van der Waals surface area contributed by atoms with Crippen molar-refractivity contribution in [1.82, 2.24) is 10.2 Å². The van der Waals surface area contributed by atoms with E-state index >= 15 is 0 Å². The van der Waals surface area contributed by atoms with Crippen LogP contribution in [0.1, 0.15) is 26.7 Å². The van der Waals surface area contributed by atoms with Crippen LogP contribution < -0.4 is 10.2 Å². The molecule has 2 rings (SSSR count). The summed E-state index contributed by atoms with van der Waals surface area (Å²) in [5.74, 6) is -0.0373. The molecule has 0 fully saturated rings. The number of hydrogen-bond acceptors (Lipinski definition) is 7. The first-order chi connectivity index (χ1) is 12.2. The summed E-state index contributed by atoms with van der Waals surface area (Å²) >= 11 is 2.84. The van der Waals surface area contributed by atoms with E-state index in [9.17, 15) is 4.79 Å². The molecule has 25 heavy (non-hydrogen) atoms. The molecule has 8 heteroatoms. The fourth-order valence-corrected chi connectivity index (χ4v) is 4.10. The molecule has 0 spiro atoms. The van der Waals surface area contributed by atoms with Gasteiger partial charge in [-0.1, -0.05) is 48.2 Å². The van der Waals surface area contributed by atoms with Crippen molar-refractivity contribution in [2.75, 3.05) is 23.3 Å². The van der Waals surface area contributed by atoms with Crippen LogP contribution >= 0.6 is 23.1 Å². The first kappa shape index (κ1) is 19.2. The van der Waals surface area contributed by atoms with Crippen LogP contribution in [0.25, 0.3) is 0 Å². The number of nitriles is 1. The van der Waals surface area contributed by atoms with Crippen molar-refractivity contribution < 1.29 is 4.79 Å². The second kappa shape index (κ2) is 10.0. The number of aromatic nitrogens is 2. The lowest BCUT2D eigenvalue weighted by molar-refractivity contribution is -0.117. The molecular formula is C17H21N5OS2. The maximum absolute atomic E-state index is 12.9. The number of amides is 1. The first-order valence-corrected chi connectivity index (χ1v) is 9.82. The molecular weight excluding hydrogens is 354 g/mol. The minimum atomic E-state index is -0.314. The van der Waals surface area contributed by atoms with Crippen molar-refractivity contribution in [2.45, 2.75) is 36.3 Å². The van der Waals surface area contributed by atoms with Crippen molar-refractivity contribution in [2.24, 2.45) is 0 Å². The molecule has 132 valence electrons. The van der Waals surface area contributed by atoms with Crippen LogP contribution in [0.3, 0.4) is 0 Å². The second-order valence-electron chi connectivity index (χ2n) is 5.29. The summed E-state index contributed by atoms with van der Waals surface area (Å²) in [6.45, 7) is 5.17. The predicted molar refractivity (Wildman–Crippen MR) is 103 cm³/mol. The van der Waals surface area contributed by atoms with E-state index in [1.165, 1.54) is 23.1 Å². The van der Waals surface area contributed by atoms with Crippen molar-refractivity contribution in [1.29, 1.82) is 5.26 Å². The molecule has 0 aliphatic heterocycles. The van der Waals surface area contributed by atoms with E-state index in [-0.39, 0.29) is 11.2 Å². The van der Waals surface area contributed by atoms with E-state index in [1.54, 1.807) is 4.90 Å². The third-order valence-electron chi connectivity index (χ3n) is 3.34. The topological polar surface area (TPSA) is 81.9 Å². The number of hydrogen-bond donors (Lipinski definition) is 1. The van der Waals surface area contributed by atoms with Crippen molar-refractivity contribution >= 4 is 39.8 Å². The minimum Gasteiger partial charge on any atom is -0.360 e. The predicted octanol–water partition coefficient (Wildman–Crippen LogP) is 3.79. The van der Waals surface area contributed by atoms with Crippen molar-refractivity contribution in [3.05, 3.63) is 30.3 Å². The Morgan fingerprint density at radius 3 is 2.84 bits per heavy atom. The Labute approximate surface area is 156 Å². The third-order valence-corrected chi connectivity index (χ3v) is 5.39. The highest BCUT2D eigenvalue weighted by molar-refractivity contribution is 8.02. The smallest absolute Gasteiger partial charge is 0.240 e. The molecule has 2 aromatic rings. The summed E-state index contributed by atoms with van der Waals surface area (Å²) in [5, 5.41) is 20.7. The van der Waals surface area contributed by atoms with Gasteiger partial charge < -0.3 is 10.2 Å². The normalized spacial score (nSPS) is 11.6. The summed E-state index contributed by atoms with van der Waals surface area (Å²) < 4.78 is 0.757. The Morgan fingerprint density at radius 2 is 2.16 bits per heavy atom. The first-order valence-electron chi connectivity index (χ1n) is 8.13. The molecule has 0 saturated carbocycles. The monoisotopic (exact) mass is 375 g/mol. The number of anilines is 2. The van der Waals surface area contributed by atoms with Gasteiger partial charge in [-0.25, -0.2) is 0 Å². The SMILES string of the molecule is CCCNc1nnc(SC(C)C(=O)N(CCC#N)c2ccccc2)s1. The molecule has 0 aliphatic rings. The molecule has 1 atom stereocenters. The quantitative estimate of drug-likeness (QED) is 0.672. The molecule has 0 radical (unpaired) electrons.